The fourth-order valence-electron chi connectivity index (χ4n) is 3.34. The largest absolute Gasteiger partial charge is 0.331 e. The van der Waals surface area contributed by atoms with Crippen molar-refractivity contribution < 1.29 is 4.79 Å². The minimum Gasteiger partial charge on any atom is -0.331 e. The van der Waals surface area contributed by atoms with Crippen molar-refractivity contribution in [3.05, 3.63) is 64.4 Å². The average Bonchev–Trinajstić information content (AvgIpc) is 3.03. The molecule has 1 heterocycles. The number of imidazole rings is 1. The van der Waals surface area contributed by atoms with Crippen molar-refractivity contribution >= 4 is 28.5 Å². The molecule has 0 aliphatic carbocycles. The fourth-order valence-corrected chi connectivity index (χ4v) is 3.53. The van der Waals surface area contributed by atoms with Crippen LogP contribution in [0.4, 0.5) is 0 Å². The molecule has 1 aromatic heterocycles. The van der Waals surface area contributed by atoms with Gasteiger partial charge in [0.2, 0.25) is 0 Å². The Balaban J connectivity index is 1.94. The number of carbonyl (C=O) groups is 1. The van der Waals surface area contributed by atoms with Gasteiger partial charge in [0.15, 0.2) is 0 Å². The Morgan fingerprint density at radius 3 is 2.64 bits per heavy atom. The second-order valence-corrected chi connectivity index (χ2v) is 8.04. The van der Waals surface area contributed by atoms with Crippen LogP contribution in [0.25, 0.3) is 11.0 Å². The summed E-state index contributed by atoms with van der Waals surface area (Å²) in [6, 6.07) is 13.6. The van der Waals surface area contributed by atoms with E-state index in [-0.39, 0.29) is 5.91 Å². The molecule has 0 atom stereocenters. The first-order valence-corrected chi connectivity index (χ1v) is 10.3. The summed E-state index contributed by atoms with van der Waals surface area (Å²) in [7, 11) is 0. The van der Waals surface area contributed by atoms with E-state index in [1.54, 1.807) is 6.07 Å². The van der Waals surface area contributed by atoms with Crippen molar-refractivity contribution in [2.75, 3.05) is 6.54 Å². The lowest BCUT2D eigenvalue weighted by atomic mass is 10.1. The molecule has 0 aliphatic heterocycles. The van der Waals surface area contributed by atoms with Crippen molar-refractivity contribution in [2.24, 2.45) is 5.92 Å². The normalized spacial score (nSPS) is 11.4. The predicted molar refractivity (Wildman–Crippen MR) is 116 cm³/mol. The van der Waals surface area contributed by atoms with Gasteiger partial charge in [0, 0.05) is 23.7 Å². The zero-order chi connectivity index (χ0) is 20.3. The third-order valence-electron chi connectivity index (χ3n) is 5.06. The smallest absolute Gasteiger partial charge is 0.254 e. The minimum atomic E-state index is -0.00254. The van der Waals surface area contributed by atoms with Crippen molar-refractivity contribution in [1.29, 1.82) is 0 Å². The van der Waals surface area contributed by atoms with Gasteiger partial charge >= 0.3 is 0 Å². The summed E-state index contributed by atoms with van der Waals surface area (Å²) in [5.41, 5.74) is 3.67. The van der Waals surface area contributed by atoms with Crippen molar-refractivity contribution in [2.45, 2.75) is 47.2 Å². The summed E-state index contributed by atoms with van der Waals surface area (Å²) in [4.78, 5) is 20.0. The molecule has 0 bridgehead atoms. The van der Waals surface area contributed by atoms with E-state index < -0.39 is 0 Å². The van der Waals surface area contributed by atoms with Gasteiger partial charge in [-0.2, -0.15) is 0 Å². The molecule has 0 N–H and O–H groups in total. The number of amides is 1. The Morgan fingerprint density at radius 2 is 1.96 bits per heavy atom. The number of aryl methyl sites for hydroxylation is 2. The zero-order valence-corrected chi connectivity index (χ0v) is 17.8. The van der Waals surface area contributed by atoms with Crippen LogP contribution >= 0.6 is 11.6 Å². The van der Waals surface area contributed by atoms with E-state index in [1.807, 2.05) is 42.2 Å². The molecule has 0 saturated carbocycles. The Kier molecular flexibility index (Phi) is 6.40. The molecule has 2 aromatic carbocycles. The summed E-state index contributed by atoms with van der Waals surface area (Å²) in [6.45, 7) is 10.4. The van der Waals surface area contributed by atoms with Crippen molar-refractivity contribution in [3.8, 4) is 0 Å². The first-order valence-electron chi connectivity index (χ1n) is 9.90. The zero-order valence-electron chi connectivity index (χ0n) is 17.1. The van der Waals surface area contributed by atoms with E-state index in [1.165, 1.54) is 0 Å². The summed E-state index contributed by atoms with van der Waals surface area (Å²) in [6.07, 6.45) is 0.942. The first-order chi connectivity index (χ1) is 13.4. The predicted octanol–water partition coefficient (Wildman–Crippen LogP) is 5.71. The highest BCUT2D eigenvalue weighted by Crippen LogP contribution is 2.21. The lowest BCUT2D eigenvalue weighted by Gasteiger charge is -2.24. The number of halogens is 1. The Morgan fingerprint density at radius 1 is 1.21 bits per heavy atom. The van der Waals surface area contributed by atoms with Crippen LogP contribution in [-0.2, 0) is 13.1 Å². The molecule has 0 fully saturated rings. The highest BCUT2D eigenvalue weighted by Gasteiger charge is 2.20. The number of nitrogens with zero attached hydrogens (tertiary/aromatic N) is 3. The van der Waals surface area contributed by atoms with Crippen molar-refractivity contribution in [3.63, 3.8) is 0 Å². The van der Waals surface area contributed by atoms with Gasteiger partial charge in [-0.25, -0.2) is 4.98 Å². The van der Waals surface area contributed by atoms with Gasteiger partial charge in [-0.1, -0.05) is 43.6 Å². The quantitative estimate of drug-likeness (QED) is 0.512. The summed E-state index contributed by atoms with van der Waals surface area (Å²) < 4.78 is 2.19. The molecule has 1 amide bonds. The Labute approximate surface area is 172 Å². The number of rotatable bonds is 7. The fraction of sp³-hybridized carbons (Fsp3) is 0.391. The summed E-state index contributed by atoms with van der Waals surface area (Å²) in [5.74, 6) is 1.43. The van der Waals surface area contributed by atoms with Crippen LogP contribution in [0.2, 0.25) is 5.02 Å². The molecule has 0 unspecified atom stereocenters. The highest BCUT2D eigenvalue weighted by atomic mass is 35.5. The number of fused-ring (bicyclic) bond motifs is 1. The Hall–Kier alpha value is -2.33. The van der Waals surface area contributed by atoms with E-state index in [2.05, 4.69) is 31.4 Å². The molecule has 148 valence electrons. The summed E-state index contributed by atoms with van der Waals surface area (Å²) in [5, 5.41) is 0.621. The van der Waals surface area contributed by atoms with E-state index in [9.17, 15) is 4.79 Å². The van der Waals surface area contributed by atoms with Gasteiger partial charge in [-0.3, -0.25) is 4.79 Å². The lowest BCUT2D eigenvalue weighted by molar-refractivity contribution is 0.0729. The van der Waals surface area contributed by atoms with Crippen LogP contribution in [0.5, 0.6) is 0 Å². The first kappa shape index (κ1) is 20.4. The van der Waals surface area contributed by atoms with Gasteiger partial charge in [-0.15, -0.1) is 0 Å². The molecule has 0 spiro atoms. The van der Waals surface area contributed by atoms with E-state index in [0.717, 1.165) is 35.4 Å². The third kappa shape index (κ3) is 4.39. The molecular formula is C23H28ClN3O. The van der Waals surface area contributed by atoms with E-state index in [0.29, 0.717) is 29.6 Å². The SMILES string of the molecule is CCn1c(CN(CCC(C)C)C(=O)c2ccc(C)c(Cl)c2)nc2ccccc21. The molecule has 28 heavy (non-hydrogen) atoms. The minimum absolute atomic E-state index is 0.00254. The van der Waals surface area contributed by atoms with Gasteiger partial charge in [-0.05, 0) is 56.0 Å². The molecule has 3 rings (SSSR count). The topological polar surface area (TPSA) is 38.1 Å². The maximum atomic E-state index is 13.3. The number of hydrogen-bond donors (Lipinski definition) is 0. The van der Waals surface area contributed by atoms with Crippen LogP contribution in [0.15, 0.2) is 42.5 Å². The molecule has 5 heteroatoms. The van der Waals surface area contributed by atoms with Gasteiger partial charge in [0.1, 0.15) is 5.82 Å². The number of aromatic nitrogens is 2. The van der Waals surface area contributed by atoms with E-state index in [4.69, 9.17) is 16.6 Å². The monoisotopic (exact) mass is 397 g/mol. The molecule has 3 aromatic rings. The van der Waals surface area contributed by atoms with Crippen LogP contribution in [0.1, 0.15) is 48.9 Å². The van der Waals surface area contributed by atoms with E-state index >= 15 is 0 Å². The van der Waals surface area contributed by atoms with Crippen LogP contribution in [0, 0.1) is 12.8 Å². The molecular weight excluding hydrogens is 370 g/mol. The average molecular weight is 398 g/mol. The number of benzene rings is 2. The van der Waals surface area contributed by atoms with Gasteiger partial charge in [0.25, 0.3) is 5.91 Å². The summed E-state index contributed by atoms with van der Waals surface area (Å²) >= 11 is 6.26. The van der Waals surface area contributed by atoms with Crippen molar-refractivity contribution in [1.82, 2.24) is 14.5 Å². The molecule has 4 nitrogen and oxygen atoms in total. The van der Waals surface area contributed by atoms with Crippen LogP contribution in [-0.4, -0.2) is 26.9 Å². The molecule has 0 saturated heterocycles. The second kappa shape index (κ2) is 8.78. The maximum absolute atomic E-state index is 13.3. The lowest BCUT2D eigenvalue weighted by Crippen LogP contribution is -2.33. The number of carbonyl (C=O) groups excluding carboxylic acids is 1. The molecule has 0 radical (unpaired) electrons. The molecule has 0 aliphatic rings. The van der Waals surface area contributed by atoms with Crippen LogP contribution in [0.3, 0.4) is 0 Å². The number of para-hydroxylation sites is 2. The highest BCUT2D eigenvalue weighted by molar-refractivity contribution is 6.31. The second-order valence-electron chi connectivity index (χ2n) is 7.63. The maximum Gasteiger partial charge on any atom is 0.254 e. The van der Waals surface area contributed by atoms with Crippen LogP contribution < -0.4 is 0 Å². The standard InChI is InChI=1S/C23H28ClN3O/c1-5-27-21-9-7-6-8-20(21)25-22(27)15-26(13-12-16(2)3)23(28)18-11-10-17(4)19(24)14-18/h6-11,14,16H,5,12-13,15H2,1-4H3. The van der Waals surface area contributed by atoms with Gasteiger partial charge < -0.3 is 9.47 Å². The Bertz CT molecular complexity index is 977. The number of hydrogen-bond acceptors (Lipinski definition) is 2. The van der Waals surface area contributed by atoms with Gasteiger partial charge in [0.05, 0.1) is 17.6 Å². The third-order valence-corrected chi connectivity index (χ3v) is 5.47.